The van der Waals surface area contributed by atoms with Gasteiger partial charge in [0.05, 0.1) is 30.6 Å². The number of hydrogen-bond acceptors (Lipinski definition) is 5. The van der Waals surface area contributed by atoms with E-state index in [1.54, 1.807) is 14.0 Å². The van der Waals surface area contributed by atoms with Crippen LogP contribution in [0.5, 0.6) is 0 Å². The molecule has 7 heteroatoms. The molecule has 18 heavy (non-hydrogen) atoms. The lowest BCUT2D eigenvalue weighted by Crippen LogP contribution is -2.29. The lowest BCUT2D eigenvalue weighted by molar-refractivity contribution is -0.158. The van der Waals surface area contributed by atoms with Gasteiger partial charge in [-0.25, -0.2) is 0 Å². The Hall–Kier alpha value is -1.56. The van der Waals surface area contributed by atoms with E-state index in [1.165, 1.54) is 18.9 Å². The van der Waals surface area contributed by atoms with Crippen LogP contribution >= 0.6 is 11.6 Å². The smallest absolute Gasteiger partial charge is 0.320 e. The van der Waals surface area contributed by atoms with E-state index in [2.05, 4.69) is 14.6 Å². The molecule has 0 saturated carbocycles. The maximum Gasteiger partial charge on any atom is 0.320 e. The molecule has 0 aromatic carbocycles. The minimum atomic E-state index is -1.03. The van der Waals surface area contributed by atoms with Crippen LogP contribution < -0.4 is 0 Å². The largest absolute Gasteiger partial charge is 0.468 e. The number of hydrogen-bond donors (Lipinski definition) is 0. The number of esters is 2. The van der Waals surface area contributed by atoms with Crippen molar-refractivity contribution in [3.8, 4) is 0 Å². The van der Waals surface area contributed by atoms with Gasteiger partial charge in [-0.05, 0) is 6.92 Å². The third kappa shape index (κ3) is 2.81. The summed E-state index contributed by atoms with van der Waals surface area (Å²) in [6.07, 6.45) is 0.0928. The Bertz CT molecular complexity index is 454. The number of aromatic nitrogens is 2. The average Bonchev–Trinajstić information content (AvgIpc) is 2.59. The third-order valence-corrected chi connectivity index (χ3v) is 3.12. The minimum Gasteiger partial charge on any atom is -0.468 e. The van der Waals surface area contributed by atoms with Crippen LogP contribution in [0.15, 0.2) is 0 Å². The van der Waals surface area contributed by atoms with Gasteiger partial charge in [-0.1, -0.05) is 11.6 Å². The molecule has 0 atom stereocenters. The van der Waals surface area contributed by atoms with Crippen molar-refractivity contribution in [3.63, 3.8) is 0 Å². The molecule has 0 spiro atoms. The second kappa shape index (κ2) is 5.86. The Labute approximate surface area is 110 Å². The highest BCUT2D eigenvalue weighted by atomic mass is 35.5. The molecule has 0 bridgehead atoms. The molecule has 0 fully saturated rings. The molecular weight excluding hydrogens is 260 g/mol. The van der Waals surface area contributed by atoms with Crippen LogP contribution in [-0.4, -0.2) is 35.9 Å². The summed E-state index contributed by atoms with van der Waals surface area (Å²) in [5.41, 5.74) is 1.23. The van der Waals surface area contributed by atoms with Gasteiger partial charge in [0, 0.05) is 13.5 Å². The molecule has 0 aliphatic rings. The quantitative estimate of drug-likeness (QED) is 0.602. The molecular formula is C11H15ClN2O4. The van der Waals surface area contributed by atoms with Crippen molar-refractivity contribution in [2.75, 3.05) is 14.2 Å². The topological polar surface area (TPSA) is 70.4 Å². The van der Waals surface area contributed by atoms with Crippen LogP contribution in [0.2, 0.25) is 5.02 Å². The molecule has 0 amide bonds. The molecule has 100 valence electrons. The molecule has 1 rings (SSSR count). The maximum absolute atomic E-state index is 11.6. The van der Waals surface area contributed by atoms with Crippen LogP contribution in [0.4, 0.5) is 0 Å². The molecule has 0 radical (unpaired) electrons. The predicted molar refractivity (Wildman–Crippen MR) is 64.2 cm³/mol. The monoisotopic (exact) mass is 274 g/mol. The summed E-state index contributed by atoms with van der Waals surface area (Å²) < 4.78 is 10.7. The van der Waals surface area contributed by atoms with E-state index in [0.29, 0.717) is 16.4 Å². The Morgan fingerprint density at radius 1 is 1.33 bits per heavy atom. The Morgan fingerprint density at radius 3 is 2.17 bits per heavy atom. The lowest BCUT2D eigenvalue weighted by atomic mass is 10.0. The van der Waals surface area contributed by atoms with E-state index in [9.17, 15) is 9.59 Å². The highest BCUT2D eigenvalue weighted by molar-refractivity contribution is 6.31. The maximum atomic E-state index is 11.6. The first-order valence-corrected chi connectivity index (χ1v) is 5.63. The summed E-state index contributed by atoms with van der Waals surface area (Å²) in [4.78, 5) is 23.1. The number of aryl methyl sites for hydroxylation is 2. The second-order valence-corrected chi connectivity index (χ2v) is 4.15. The summed E-state index contributed by atoms with van der Waals surface area (Å²) in [6.45, 7) is 1.75. The van der Waals surface area contributed by atoms with Crippen LogP contribution in [0.3, 0.4) is 0 Å². The van der Waals surface area contributed by atoms with Gasteiger partial charge in [-0.2, -0.15) is 5.10 Å². The van der Waals surface area contributed by atoms with E-state index in [-0.39, 0.29) is 6.42 Å². The van der Waals surface area contributed by atoms with Gasteiger partial charge in [0.25, 0.3) is 0 Å². The van der Waals surface area contributed by atoms with Gasteiger partial charge >= 0.3 is 11.9 Å². The zero-order valence-corrected chi connectivity index (χ0v) is 11.4. The first-order chi connectivity index (χ1) is 8.42. The number of ether oxygens (including phenoxy) is 2. The summed E-state index contributed by atoms with van der Waals surface area (Å²) >= 11 is 6.07. The Balaban J connectivity index is 3.03. The van der Waals surface area contributed by atoms with Crippen molar-refractivity contribution in [3.05, 3.63) is 16.4 Å². The highest BCUT2D eigenvalue weighted by Gasteiger charge is 2.31. The SMILES string of the molecule is COC(=O)C(Cc1c(Cl)c(C)nn1C)C(=O)OC. The van der Waals surface area contributed by atoms with E-state index in [0.717, 1.165) is 0 Å². The summed E-state index contributed by atoms with van der Waals surface area (Å²) in [5, 5.41) is 4.55. The molecule has 1 aromatic heterocycles. The zero-order chi connectivity index (χ0) is 13.9. The van der Waals surface area contributed by atoms with Crippen molar-refractivity contribution < 1.29 is 19.1 Å². The summed E-state index contributed by atoms with van der Waals surface area (Å²) in [6, 6.07) is 0. The third-order valence-electron chi connectivity index (χ3n) is 2.63. The molecule has 6 nitrogen and oxygen atoms in total. The molecule has 0 unspecified atom stereocenters. The van der Waals surface area contributed by atoms with Gasteiger partial charge in [-0.3, -0.25) is 14.3 Å². The number of halogens is 1. The number of methoxy groups -OCH3 is 2. The minimum absolute atomic E-state index is 0.0928. The van der Waals surface area contributed by atoms with Gasteiger partial charge in [0.1, 0.15) is 0 Å². The second-order valence-electron chi connectivity index (χ2n) is 3.77. The van der Waals surface area contributed by atoms with Crippen LogP contribution in [-0.2, 0) is 32.5 Å². The molecule has 0 saturated heterocycles. The Morgan fingerprint density at radius 2 is 1.83 bits per heavy atom. The first-order valence-electron chi connectivity index (χ1n) is 5.26. The van der Waals surface area contributed by atoms with Gasteiger partial charge in [0.2, 0.25) is 0 Å². The molecule has 0 N–H and O–H groups in total. The highest BCUT2D eigenvalue weighted by Crippen LogP contribution is 2.23. The van der Waals surface area contributed by atoms with Crippen LogP contribution in [0, 0.1) is 12.8 Å². The van der Waals surface area contributed by atoms with Gasteiger partial charge in [-0.15, -0.1) is 0 Å². The predicted octanol–water partition coefficient (Wildman–Crippen LogP) is 0.887. The van der Waals surface area contributed by atoms with Crippen molar-refractivity contribution >= 4 is 23.5 Å². The van der Waals surface area contributed by atoms with Crippen LogP contribution in [0.25, 0.3) is 0 Å². The standard InChI is InChI=1S/C11H15ClN2O4/c1-6-9(12)8(14(2)13-6)5-7(10(15)17-3)11(16)18-4/h7H,5H2,1-4H3. The lowest BCUT2D eigenvalue weighted by Gasteiger charge is -2.12. The van der Waals surface area contributed by atoms with E-state index in [4.69, 9.17) is 11.6 Å². The van der Waals surface area contributed by atoms with E-state index < -0.39 is 17.9 Å². The van der Waals surface area contributed by atoms with E-state index >= 15 is 0 Å². The first kappa shape index (κ1) is 14.5. The van der Waals surface area contributed by atoms with Crippen molar-refractivity contribution in [1.29, 1.82) is 0 Å². The fourth-order valence-corrected chi connectivity index (χ4v) is 1.88. The average molecular weight is 275 g/mol. The van der Waals surface area contributed by atoms with Crippen molar-refractivity contribution in [2.24, 2.45) is 13.0 Å². The molecule has 1 heterocycles. The zero-order valence-electron chi connectivity index (χ0n) is 10.7. The molecule has 1 aromatic rings. The number of nitrogens with zero attached hydrogens (tertiary/aromatic N) is 2. The fourth-order valence-electron chi connectivity index (χ4n) is 1.64. The van der Waals surface area contributed by atoms with Crippen LogP contribution in [0.1, 0.15) is 11.4 Å². The summed E-state index contributed by atoms with van der Waals surface area (Å²) in [5.74, 6) is -2.35. The Kier molecular flexibility index (Phi) is 4.72. The van der Waals surface area contributed by atoms with Gasteiger partial charge in [0.15, 0.2) is 5.92 Å². The van der Waals surface area contributed by atoms with E-state index in [1.807, 2.05) is 0 Å². The fraction of sp³-hybridized carbons (Fsp3) is 0.545. The number of rotatable bonds is 4. The molecule has 0 aliphatic carbocycles. The molecule has 0 aliphatic heterocycles. The number of carbonyl (C=O) groups is 2. The van der Waals surface area contributed by atoms with Crippen molar-refractivity contribution in [1.82, 2.24) is 9.78 Å². The van der Waals surface area contributed by atoms with Gasteiger partial charge < -0.3 is 9.47 Å². The summed E-state index contributed by atoms with van der Waals surface area (Å²) in [7, 11) is 4.13. The van der Waals surface area contributed by atoms with Crippen molar-refractivity contribution in [2.45, 2.75) is 13.3 Å². The normalized spacial score (nSPS) is 10.6. The number of carbonyl (C=O) groups excluding carboxylic acids is 2.